The van der Waals surface area contributed by atoms with Crippen molar-refractivity contribution in [2.24, 2.45) is 11.8 Å². The van der Waals surface area contributed by atoms with Crippen LogP contribution in [0.4, 0.5) is 0 Å². The first-order chi connectivity index (χ1) is 8.33. The van der Waals surface area contributed by atoms with Gasteiger partial charge < -0.3 is 5.32 Å². The van der Waals surface area contributed by atoms with E-state index in [2.05, 4.69) is 19.2 Å². The molecule has 0 amide bonds. The molecule has 0 spiro atoms. The van der Waals surface area contributed by atoms with E-state index < -0.39 is 10.0 Å². The molecule has 0 aromatic heterocycles. The minimum absolute atomic E-state index is 0.0894. The van der Waals surface area contributed by atoms with Crippen molar-refractivity contribution in [1.82, 2.24) is 9.62 Å². The summed E-state index contributed by atoms with van der Waals surface area (Å²) in [5.41, 5.74) is 0. The summed E-state index contributed by atoms with van der Waals surface area (Å²) < 4.78 is 26.2. The maximum absolute atomic E-state index is 12.3. The zero-order valence-electron chi connectivity index (χ0n) is 12.1. The maximum atomic E-state index is 12.3. The standard InChI is InChI=1S/C13H28N2O2S/c1-11(2)8-12(3)15(4)18(16,17)10-13-6-5-7-14-9-13/h11-14H,5-10H2,1-4H3. The lowest BCUT2D eigenvalue weighted by Gasteiger charge is -2.29. The van der Waals surface area contributed by atoms with Crippen LogP contribution in [0.3, 0.4) is 0 Å². The smallest absolute Gasteiger partial charge is 0.214 e. The molecule has 1 heterocycles. The summed E-state index contributed by atoms with van der Waals surface area (Å²) >= 11 is 0. The summed E-state index contributed by atoms with van der Waals surface area (Å²) in [6.07, 6.45) is 3.03. The van der Waals surface area contributed by atoms with Crippen molar-refractivity contribution in [2.75, 3.05) is 25.9 Å². The molecular weight excluding hydrogens is 248 g/mol. The van der Waals surface area contributed by atoms with E-state index in [-0.39, 0.29) is 12.0 Å². The maximum Gasteiger partial charge on any atom is 0.214 e. The Kier molecular flexibility index (Phi) is 6.08. The van der Waals surface area contributed by atoms with Crippen LogP contribution in [0.1, 0.15) is 40.0 Å². The van der Waals surface area contributed by atoms with Crippen molar-refractivity contribution in [3.63, 3.8) is 0 Å². The van der Waals surface area contributed by atoms with Gasteiger partial charge in [0, 0.05) is 13.1 Å². The fourth-order valence-corrected chi connectivity index (χ4v) is 4.34. The number of sulfonamides is 1. The molecule has 1 aliphatic heterocycles. The number of hydrogen-bond donors (Lipinski definition) is 1. The topological polar surface area (TPSA) is 49.4 Å². The van der Waals surface area contributed by atoms with Gasteiger partial charge in [0.15, 0.2) is 0 Å². The molecule has 0 aliphatic carbocycles. The average molecular weight is 276 g/mol. The van der Waals surface area contributed by atoms with Crippen molar-refractivity contribution in [3.8, 4) is 0 Å². The lowest BCUT2D eigenvalue weighted by Crippen LogP contribution is -2.42. The summed E-state index contributed by atoms with van der Waals surface area (Å²) in [7, 11) is -1.39. The van der Waals surface area contributed by atoms with E-state index >= 15 is 0 Å². The Morgan fingerprint density at radius 2 is 2.00 bits per heavy atom. The second-order valence-corrected chi connectivity index (χ2v) is 8.06. The van der Waals surface area contributed by atoms with Gasteiger partial charge in [-0.2, -0.15) is 0 Å². The Hall–Kier alpha value is -0.130. The van der Waals surface area contributed by atoms with E-state index in [1.807, 2.05) is 6.92 Å². The number of hydrogen-bond acceptors (Lipinski definition) is 3. The van der Waals surface area contributed by atoms with Gasteiger partial charge in [0.1, 0.15) is 0 Å². The fraction of sp³-hybridized carbons (Fsp3) is 1.00. The van der Waals surface area contributed by atoms with Gasteiger partial charge in [0.2, 0.25) is 10.0 Å². The van der Waals surface area contributed by atoms with Gasteiger partial charge in [-0.05, 0) is 51.1 Å². The van der Waals surface area contributed by atoms with E-state index in [0.717, 1.165) is 32.4 Å². The highest BCUT2D eigenvalue weighted by molar-refractivity contribution is 7.89. The molecule has 108 valence electrons. The van der Waals surface area contributed by atoms with Crippen molar-refractivity contribution in [1.29, 1.82) is 0 Å². The van der Waals surface area contributed by atoms with Crippen LogP contribution >= 0.6 is 0 Å². The van der Waals surface area contributed by atoms with Gasteiger partial charge in [-0.25, -0.2) is 12.7 Å². The Bertz CT molecular complexity index is 335. The first kappa shape index (κ1) is 15.9. The molecule has 1 rings (SSSR count). The van der Waals surface area contributed by atoms with Crippen molar-refractivity contribution in [3.05, 3.63) is 0 Å². The Morgan fingerprint density at radius 3 is 2.50 bits per heavy atom. The SMILES string of the molecule is CC(C)CC(C)N(C)S(=O)(=O)CC1CCCNC1. The molecule has 0 aromatic rings. The van der Waals surface area contributed by atoms with Crippen molar-refractivity contribution >= 4 is 10.0 Å². The molecule has 0 aromatic carbocycles. The van der Waals surface area contributed by atoms with E-state index in [1.165, 1.54) is 0 Å². The van der Waals surface area contributed by atoms with Crippen LogP contribution < -0.4 is 5.32 Å². The minimum Gasteiger partial charge on any atom is -0.316 e. The summed E-state index contributed by atoms with van der Waals surface area (Å²) in [4.78, 5) is 0. The molecule has 1 aliphatic rings. The molecular formula is C13H28N2O2S. The molecule has 0 bridgehead atoms. The molecule has 1 fully saturated rings. The molecule has 0 radical (unpaired) electrons. The van der Waals surface area contributed by atoms with Crippen LogP contribution in [0.2, 0.25) is 0 Å². The first-order valence-corrected chi connectivity index (χ1v) is 8.60. The van der Waals surface area contributed by atoms with Crippen LogP contribution in [-0.2, 0) is 10.0 Å². The van der Waals surface area contributed by atoms with Gasteiger partial charge in [-0.1, -0.05) is 13.8 Å². The summed E-state index contributed by atoms with van der Waals surface area (Å²) in [5.74, 6) is 1.09. The fourth-order valence-electron chi connectivity index (χ4n) is 2.59. The zero-order chi connectivity index (χ0) is 13.8. The summed E-state index contributed by atoms with van der Waals surface area (Å²) in [5, 5.41) is 3.27. The van der Waals surface area contributed by atoms with Gasteiger partial charge in [-0.15, -0.1) is 0 Å². The van der Waals surface area contributed by atoms with E-state index in [9.17, 15) is 8.42 Å². The van der Waals surface area contributed by atoms with Crippen LogP contribution in [0.5, 0.6) is 0 Å². The zero-order valence-corrected chi connectivity index (χ0v) is 13.0. The highest BCUT2D eigenvalue weighted by Gasteiger charge is 2.27. The van der Waals surface area contributed by atoms with Crippen LogP contribution in [0.25, 0.3) is 0 Å². The molecule has 18 heavy (non-hydrogen) atoms. The molecule has 2 atom stereocenters. The quantitative estimate of drug-likeness (QED) is 0.803. The molecule has 2 unspecified atom stereocenters. The Balaban J connectivity index is 2.55. The summed E-state index contributed by atoms with van der Waals surface area (Å²) in [6.45, 7) is 8.11. The minimum atomic E-state index is -3.11. The number of nitrogens with zero attached hydrogens (tertiary/aromatic N) is 1. The predicted octanol–water partition coefficient (Wildman–Crippen LogP) is 1.68. The van der Waals surface area contributed by atoms with E-state index in [4.69, 9.17) is 0 Å². The summed E-state index contributed by atoms with van der Waals surface area (Å²) in [6, 6.07) is 0.0894. The normalized spacial score (nSPS) is 23.6. The highest BCUT2D eigenvalue weighted by atomic mass is 32.2. The third-order valence-electron chi connectivity index (χ3n) is 3.72. The molecule has 1 N–H and O–H groups in total. The van der Waals surface area contributed by atoms with E-state index in [1.54, 1.807) is 11.4 Å². The molecule has 1 saturated heterocycles. The van der Waals surface area contributed by atoms with Crippen molar-refractivity contribution in [2.45, 2.75) is 46.1 Å². The number of rotatable bonds is 6. The second-order valence-electron chi connectivity index (χ2n) is 5.99. The second kappa shape index (κ2) is 6.87. The van der Waals surface area contributed by atoms with Crippen LogP contribution in [-0.4, -0.2) is 44.7 Å². The lowest BCUT2D eigenvalue weighted by atomic mass is 10.0. The van der Waals surface area contributed by atoms with Crippen LogP contribution in [0, 0.1) is 11.8 Å². The third kappa shape index (κ3) is 4.86. The van der Waals surface area contributed by atoms with Gasteiger partial charge in [0.05, 0.1) is 5.75 Å². The Morgan fingerprint density at radius 1 is 1.33 bits per heavy atom. The van der Waals surface area contributed by atoms with Crippen molar-refractivity contribution < 1.29 is 8.42 Å². The highest BCUT2D eigenvalue weighted by Crippen LogP contribution is 2.18. The number of nitrogens with one attached hydrogen (secondary N) is 1. The van der Waals surface area contributed by atoms with Gasteiger partial charge >= 0.3 is 0 Å². The molecule has 4 nitrogen and oxygen atoms in total. The predicted molar refractivity (Wildman–Crippen MR) is 76.1 cm³/mol. The van der Waals surface area contributed by atoms with Crippen LogP contribution in [0.15, 0.2) is 0 Å². The molecule has 5 heteroatoms. The lowest BCUT2D eigenvalue weighted by molar-refractivity contribution is 0.330. The van der Waals surface area contributed by atoms with E-state index in [0.29, 0.717) is 11.7 Å². The first-order valence-electron chi connectivity index (χ1n) is 6.99. The molecule has 0 saturated carbocycles. The Labute approximate surface area is 112 Å². The van der Waals surface area contributed by atoms with Gasteiger partial charge in [-0.3, -0.25) is 0 Å². The number of piperidine rings is 1. The monoisotopic (exact) mass is 276 g/mol. The third-order valence-corrected chi connectivity index (χ3v) is 5.85. The van der Waals surface area contributed by atoms with Gasteiger partial charge in [0.25, 0.3) is 0 Å². The average Bonchev–Trinajstić information content (AvgIpc) is 2.27. The largest absolute Gasteiger partial charge is 0.316 e.